The zero-order chi connectivity index (χ0) is 13.0. The van der Waals surface area contributed by atoms with Crippen LogP contribution >= 0.6 is 0 Å². The number of carbonyl (C=O) groups is 1. The molecule has 1 aliphatic heterocycles. The van der Waals surface area contributed by atoms with Crippen LogP contribution in [-0.2, 0) is 4.74 Å². The minimum Gasteiger partial charge on any atom is -0.508 e. The van der Waals surface area contributed by atoms with E-state index in [0.29, 0.717) is 18.0 Å². The Hall–Kier alpha value is -1.55. The van der Waals surface area contributed by atoms with Crippen LogP contribution in [0, 0.1) is 12.8 Å². The Morgan fingerprint density at radius 1 is 1.56 bits per heavy atom. The fourth-order valence-electron chi connectivity index (χ4n) is 2.20. The van der Waals surface area contributed by atoms with Gasteiger partial charge in [-0.1, -0.05) is 0 Å². The van der Waals surface area contributed by atoms with Crippen molar-refractivity contribution in [3.63, 3.8) is 0 Å². The first-order chi connectivity index (χ1) is 8.66. The summed E-state index contributed by atoms with van der Waals surface area (Å²) in [5.74, 6) is 0.517. The molecule has 0 spiro atoms. The minimum atomic E-state index is -0.0851. The average molecular weight is 249 g/mol. The first-order valence-corrected chi connectivity index (χ1v) is 6.32. The van der Waals surface area contributed by atoms with Gasteiger partial charge in [-0.2, -0.15) is 0 Å². The van der Waals surface area contributed by atoms with Gasteiger partial charge in [-0.3, -0.25) is 4.79 Å². The molecule has 0 radical (unpaired) electrons. The van der Waals surface area contributed by atoms with E-state index in [-0.39, 0.29) is 11.7 Å². The van der Waals surface area contributed by atoms with E-state index in [4.69, 9.17) is 4.74 Å². The molecule has 4 heteroatoms. The fourth-order valence-corrected chi connectivity index (χ4v) is 2.20. The molecule has 4 nitrogen and oxygen atoms in total. The van der Waals surface area contributed by atoms with E-state index in [1.54, 1.807) is 12.1 Å². The smallest absolute Gasteiger partial charge is 0.251 e. The molecule has 98 valence electrons. The quantitative estimate of drug-likeness (QED) is 0.859. The number of amides is 1. The van der Waals surface area contributed by atoms with Crippen LogP contribution in [0.2, 0.25) is 0 Å². The number of aryl methyl sites for hydroxylation is 1. The normalized spacial score (nSPS) is 19.5. The number of phenols is 1. The predicted molar refractivity (Wildman–Crippen MR) is 68.7 cm³/mol. The number of hydrogen-bond donors (Lipinski definition) is 2. The topological polar surface area (TPSA) is 58.6 Å². The van der Waals surface area contributed by atoms with E-state index in [9.17, 15) is 9.90 Å². The average Bonchev–Trinajstić information content (AvgIpc) is 2.37. The van der Waals surface area contributed by atoms with E-state index in [1.807, 2.05) is 6.92 Å². The standard InChI is InChI=1S/C14H19NO3/c1-10-7-12(16)4-5-13(10)14(17)15-8-11-3-2-6-18-9-11/h4-5,7,11,16H,2-3,6,8-9H2,1H3,(H,15,17). The van der Waals surface area contributed by atoms with Crippen LogP contribution in [-0.4, -0.2) is 30.8 Å². The number of aromatic hydroxyl groups is 1. The Bertz CT molecular complexity index is 425. The summed E-state index contributed by atoms with van der Waals surface area (Å²) in [5, 5.41) is 12.2. The zero-order valence-electron chi connectivity index (χ0n) is 10.6. The Balaban J connectivity index is 1.90. The molecule has 0 aliphatic carbocycles. The molecule has 1 fully saturated rings. The molecule has 1 heterocycles. The molecule has 1 saturated heterocycles. The van der Waals surface area contributed by atoms with Gasteiger partial charge in [-0.15, -0.1) is 0 Å². The maximum Gasteiger partial charge on any atom is 0.251 e. The molecule has 0 bridgehead atoms. The first-order valence-electron chi connectivity index (χ1n) is 6.32. The highest BCUT2D eigenvalue weighted by Crippen LogP contribution is 2.16. The number of benzene rings is 1. The number of rotatable bonds is 3. The monoisotopic (exact) mass is 249 g/mol. The van der Waals surface area contributed by atoms with Gasteiger partial charge in [0.2, 0.25) is 0 Å². The third-order valence-electron chi connectivity index (χ3n) is 3.26. The van der Waals surface area contributed by atoms with Crippen LogP contribution in [0.3, 0.4) is 0 Å². The summed E-state index contributed by atoms with van der Waals surface area (Å²) in [4.78, 5) is 12.0. The van der Waals surface area contributed by atoms with Gasteiger partial charge in [0.25, 0.3) is 5.91 Å². The number of nitrogens with one attached hydrogen (secondary N) is 1. The van der Waals surface area contributed by atoms with Crippen molar-refractivity contribution in [1.29, 1.82) is 0 Å². The first kappa shape index (κ1) is 12.9. The van der Waals surface area contributed by atoms with E-state index in [0.717, 1.165) is 31.6 Å². The highest BCUT2D eigenvalue weighted by atomic mass is 16.5. The van der Waals surface area contributed by atoms with Crippen LogP contribution in [0.4, 0.5) is 0 Å². The van der Waals surface area contributed by atoms with Crippen molar-refractivity contribution < 1.29 is 14.6 Å². The van der Waals surface area contributed by atoms with Crippen molar-refractivity contribution >= 4 is 5.91 Å². The molecule has 18 heavy (non-hydrogen) atoms. The molecule has 1 aromatic rings. The zero-order valence-corrected chi connectivity index (χ0v) is 10.6. The van der Waals surface area contributed by atoms with E-state index in [1.165, 1.54) is 6.07 Å². The summed E-state index contributed by atoms with van der Waals surface area (Å²) in [5.41, 5.74) is 1.40. The Labute approximate surface area is 107 Å². The fraction of sp³-hybridized carbons (Fsp3) is 0.500. The Kier molecular flexibility index (Phi) is 4.20. The molecule has 1 aliphatic rings. The second-order valence-electron chi connectivity index (χ2n) is 4.79. The van der Waals surface area contributed by atoms with Crippen LogP contribution < -0.4 is 5.32 Å². The van der Waals surface area contributed by atoms with E-state index < -0.39 is 0 Å². The molecular formula is C14H19NO3. The van der Waals surface area contributed by atoms with Gasteiger partial charge >= 0.3 is 0 Å². The summed E-state index contributed by atoms with van der Waals surface area (Å²) < 4.78 is 5.38. The maximum atomic E-state index is 12.0. The van der Waals surface area contributed by atoms with Gasteiger partial charge in [0.1, 0.15) is 5.75 Å². The number of phenolic OH excluding ortho intramolecular Hbond substituents is 1. The van der Waals surface area contributed by atoms with Crippen molar-refractivity contribution in [2.75, 3.05) is 19.8 Å². The number of carbonyl (C=O) groups excluding carboxylic acids is 1. The van der Waals surface area contributed by atoms with E-state index >= 15 is 0 Å². The second kappa shape index (κ2) is 5.87. The van der Waals surface area contributed by atoms with Gasteiger partial charge in [-0.25, -0.2) is 0 Å². The molecule has 1 aromatic carbocycles. The lowest BCUT2D eigenvalue weighted by molar-refractivity contribution is 0.0536. The highest BCUT2D eigenvalue weighted by molar-refractivity contribution is 5.95. The lowest BCUT2D eigenvalue weighted by Crippen LogP contribution is -2.33. The van der Waals surface area contributed by atoms with Crippen molar-refractivity contribution in [1.82, 2.24) is 5.32 Å². The van der Waals surface area contributed by atoms with Crippen molar-refractivity contribution in [2.24, 2.45) is 5.92 Å². The molecule has 2 N–H and O–H groups in total. The van der Waals surface area contributed by atoms with Gasteiger partial charge in [0.05, 0.1) is 6.61 Å². The largest absolute Gasteiger partial charge is 0.508 e. The molecular weight excluding hydrogens is 230 g/mol. The molecule has 0 saturated carbocycles. The molecule has 2 rings (SSSR count). The van der Waals surface area contributed by atoms with Crippen LogP contribution in [0.25, 0.3) is 0 Å². The Morgan fingerprint density at radius 2 is 2.39 bits per heavy atom. The number of hydrogen-bond acceptors (Lipinski definition) is 3. The molecule has 1 atom stereocenters. The van der Waals surface area contributed by atoms with Crippen LogP contribution in [0.5, 0.6) is 5.75 Å². The van der Waals surface area contributed by atoms with Gasteiger partial charge in [0.15, 0.2) is 0 Å². The summed E-state index contributed by atoms with van der Waals surface area (Å²) >= 11 is 0. The molecule has 1 amide bonds. The molecule has 1 unspecified atom stereocenters. The summed E-state index contributed by atoms with van der Waals surface area (Å²) in [6.07, 6.45) is 2.17. The summed E-state index contributed by atoms with van der Waals surface area (Å²) in [7, 11) is 0. The lowest BCUT2D eigenvalue weighted by Gasteiger charge is -2.22. The predicted octanol–water partition coefficient (Wildman–Crippen LogP) is 1.86. The van der Waals surface area contributed by atoms with Gasteiger partial charge in [-0.05, 0) is 49.4 Å². The van der Waals surface area contributed by atoms with Gasteiger partial charge in [0, 0.05) is 18.7 Å². The van der Waals surface area contributed by atoms with Crippen molar-refractivity contribution in [3.05, 3.63) is 29.3 Å². The van der Waals surface area contributed by atoms with Gasteiger partial charge < -0.3 is 15.2 Å². The van der Waals surface area contributed by atoms with E-state index in [2.05, 4.69) is 5.32 Å². The van der Waals surface area contributed by atoms with Crippen molar-refractivity contribution in [3.8, 4) is 5.75 Å². The lowest BCUT2D eigenvalue weighted by atomic mass is 10.0. The number of ether oxygens (including phenoxy) is 1. The third-order valence-corrected chi connectivity index (χ3v) is 3.26. The van der Waals surface area contributed by atoms with Crippen molar-refractivity contribution in [2.45, 2.75) is 19.8 Å². The molecule has 0 aromatic heterocycles. The van der Waals surface area contributed by atoms with Crippen LogP contribution in [0.1, 0.15) is 28.8 Å². The maximum absolute atomic E-state index is 12.0. The SMILES string of the molecule is Cc1cc(O)ccc1C(=O)NCC1CCCOC1. The highest BCUT2D eigenvalue weighted by Gasteiger charge is 2.16. The minimum absolute atomic E-state index is 0.0851. The summed E-state index contributed by atoms with van der Waals surface area (Å²) in [6, 6.07) is 4.78. The summed E-state index contributed by atoms with van der Waals surface area (Å²) in [6.45, 7) is 4.04. The van der Waals surface area contributed by atoms with Crippen LogP contribution in [0.15, 0.2) is 18.2 Å². The third kappa shape index (κ3) is 3.23. The Morgan fingerprint density at radius 3 is 3.06 bits per heavy atom. The second-order valence-corrected chi connectivity index (χ2v) is 4.79.